The van der Waals surface area contributed by atoms with Crippen LogP contribution in [0, 0.1) is 19.3 Å². The summed E-state index contributed by atoms with van der Waals surface area (Å²) in [6.45, 7) is 3.72. The van der Waals surface area contributed by atoms with Gasteiger partial charge in [-0.3, -0.25) is 5.41 Å². The third-order valence-corrected chi connectivity index (χ3v) is 2.63. The van der Waals surface area contributed by atoms with Gasteiger partial charge in [-0.15, -0.1) is 0 Å². The number of anilines is 1. The molecule has 0 saturated carbocycles. The molecule has 0 amide bonds. The smallest absolute Gasteiger partial charge is 0.151 e. The fourth-order valence-electron chi connectivity index (χ4n) is 1.55. The van der Waals surface area contributed by atoms with Crippen molar-refractivity contribution in [3.05, 3.63) is 53.0 Å². The normalized spacial score (nSPS) is 10.2. The van der Waals surface area contributed by atoms with Crippen LogP contribution in [-0.4, -0.2) is 15.7 Å². The lowest BCUT2D eigenvalue weighted by Crippen LogP contribution is -2.12. The van der Waals surface area contributed by atoms with Gasteiger partial charge >= 0.3 is 0 Å². The van der Waals surface area contributed by atoms with Crippen LogP contribution in [0.25, 0.3) is 0 Å². The lowest BCUT2D eigenvalue weighted by molar-refractivity contribution is 1.04. The lowest BCUT2D eigenvalue weighted by Gasteiger charge is -2.08. The van der Waals surface area contributed by atoms with Crippen LogP contribution in [0.2, 0.25) is 0 Å². The van der Waals surface area contributed by atoms with Crippen molar-refractivity contribution in [1.29, 1.82) is 5.41 Å². The Labute approximate surface area is 100 Å². The van der Waals surface area contributed by atoms with E-state index >= 15 is 0 Å². The van der Waals surface area contributed by atoms with Crippen LogP contribution in [0.3, 0.4) is 0 Å². The van der Waals surface area contributed by atoms with E-state index in [4.69, 9.17) is 11.1 Å². The molecule has 3 N–H and O–H groups in total. The van der Waals surface area contributed by atoms with Crippen molar-refractivity contribution in [2.24, 2.45) is 0 Å². The van der Waals surface area contributed by atoms with Crippen LogP contribution in [0.5, 0.6) is 0 Å². The minimum Gasteiger partial charge on any atom is -0.382 e. The molecule has 1 aromatic carbocycles. The zero-order chi connectivity index (χ0) is 12.4. The summed E-state index contributed by atoms with van der Waals surface area (Å²) in [5.74, 6) is 0.307. The molecule has 0 aliphatic heterocycles. The summed E-state index contributed by atoms with van der Waals surface area (Å²) in [7, 11) is 0. The maximum atomic E-state index is 8.10. The quantitative estimate of drug-likeness (QED) is 0.770. The summed E-state index contributed by atoms with van der Waals surface area (Å²) in [5, 5.41) is 8.10. The van der Waals surface area contributed by atoms with Crippen molar-refractivity contribution in [1.82, 2.24) is 9.97 Å². The fourth-order valence-corrected chi connectivity index (χ4v) is 1.55. The van der Waals surface area contributed by atoms with Crippen LogP contribution in [0.1, 0.15) is 22.6 Å². The second-order valence-corrected chi connectivity index (χ2v) is 3.87. The van der Waals surface area contributed by atoms with Gasteiger partial charge < -0.3 is 5.73 Å². The molecule has 0 aliphatic carbocycles. The fraction of sp³-hybridized carbons (Fsp3) is 0.154. The van der Waals surface area contributed by atoms with E-state index in [2.05, 4.69) is 9.97 Å². The molecule has 0 aliphatic rings. The van der Waals surface area contributed by atoms with Crippen LogP contribution < -0.4 is 5.73 Å². The van der Waals surface area contributed by atoms with Crippen LogP contribution in [0.4, 0.5) is 5.82 Å². The first-order valence-corrected chi connectivity index (χ1v) is 5.34. The molecule has 0 fully saturated rings. The third kappa shape index (κ3) is 2.15. The number of nitrogens with one attached hydrogen (secondary N) is 1. The molecule has 1 aromatic heterocycles. The Bertz CT molecular complexity index is 561. The molecule has 2 rings (SSSR count). The van der Waals surface area contributed by atoms with Gasteiger partial charge in [0.05, 0.1) is 17.1 Å². The molecule has 0 radical (unpaired) electrons. The second kappa shape index (κ2) is 4.33. The highest BCUT2D eigenvalue weighted by Gasteiger charge is 2.12. The SMILES string of the molecule is Cc1nc(N)c(C(=N)c2ccccc2)nc1C. The van der Waals surface area contributed by atoms with E-state index in [-0.39, 0.29) is 0 Å². The average Bonchev–Trinajstić information content (AvgIpc) is 2.34. The van der Waals surface area contributed by atoms with Crippen molar-refractivity contribution >= 4 is 11.5 Å². The molecule has 0 unspecified atom stereocenters. The summed E-state index contributed by atoms with van der Waals surface area (Å²) in [5.41, 5.74) is 8.95. The Kier molecular flexibility index (Phi) is 2.87. The summed E-state index contributed by atoms with van der Waals surface area (Å²) < 4.78 is 0. The highest BCUT2D eigenvalue weighted by molar-refractivity contribution is 6.12. The molecule has 4 heteroatoms. The van der Waals surface area contributed by atoms with Crippen molar-refractivity contribution < 1.29 is 0 Å². The molecule has 0 bridgehead atoms. The minimum absolute atomic E-state index is 0.304. The van der Waals surface area contributed by atoms with Gasteiger partial charge in [-0.2, -0.15) is 0 Å². The van der Waals surface area contributed by atoms with Gasteiger partial charge in [0.1, 0.15) is 5.69 Å². The molecular weight excluding hydrogens is 212 g/mol. The molecule has 0 atom stereocenters. The molecule has 0 spiro atoms. The standard InChI is InChI=1S/C13H14N4/c1-8-9(2)17-13(15)12(16-8)11(14)10-6-4-3-5-7-10/h3-7,14H,1-2H3,(H2,15,17). The number of aromatic nitrogens is 2. The van der Waals surface area contributed by atoms with Gasteiger partial charge in [0.25, 0.3) is 0 Å². The number of hydrogen-bond donors (Lipinski definition) is 2. The summed E-state index contributed by atoms with van der Waals surface area (Å²) >= 11 is 0. The number of hydrogen-bond acceptors (Lipinski definition) is 4. The Balaban J connectivity index is 2.48. The highest BCUT2D eigenvalue weighted by atomic mass is 14.9. The molecule has 0 saturated heterocycles. The van der Waals surface area contributed by atoms with Gasteiger partial charge in [0.15, 0.2) is 5.82 Å². The third-order valence-electron chi connectivity index (χ3n) is 2.63. The molecular formula is C13H14N4. The molecule has 17 heavy (non-hydrogen) atoms. The largest absolute Gasteiger partial charge is 0.382 e. The topological polar surface area (TPSA) is 75.7 Å². The van der Waals surface area contributed by atoms with Crippen molar-refractivity contribution in [3.8, 4) is 0 Å². The van der Waals surface area contributed by atoms with Crippen molar-refractivity contribution in [2.45, 2.75) is 13.8 Å². The zero-order valence-electron chi connectivity index (χ0n) is 9.86. The summed E-state index contributed by atoms with van der Waals surface area (Å²) in [4.78, 5) is 8.53. The van der Waals surface area contributed by atoms with Crippen molar-refractivity contribution in [3.63, 3.8) is 0 Å². The zero-order valence-corrected chi connectivity index (χ0v) is 9.86. The van der Waals surface area contributed by atoms with Gasteiger partial charge in [-0.25, -0.2) is 9.97 Å². The van der Waals surface area contributed by atoms with E-state index in [1.165, 1.54) is 0 Å². The first-order chi connectivity index (χ1) is 8.09. The molecule has 86 valence electrons. The number of nitrogens with two attached hydrogens (primary N) is 1. The van der Waals surface area contributed by atoms with Crippen LogP contribution >= 0.6 is 0 Å². The Morgan fingerprint density at radius 3 is 2.29 bits per heavy atom. The average molecular weight is 226 g/mol. The predicted molar refractivity (Wildman–Crippen MR) is 68.3 cm³/mol. The van der Waals surface area contributed by atoms with E-state index in [0.717, 1.165) is 17.0 Å². The van der Waals surface area contributed by atoms with E-state index in [1.54, 1.807) is 0 Å². The van der Waals surface area contributed by atoms with Gasteiger partial charge in [0, 0.05) is 5.56 Å². The van der Waals surface area contributed by atoms with Gasteiger partial charge in [0.2, 0.25) is 0 Å². The van der Waals surface area contributed by atoms with E-state index in [0.29, 0.717) is 17.2 Å². The second-order valence-electron chi connectivity index (χ2n) is 3.87. The summed E-state index contributed by atoms with van der Waals surface area (Å²) in [6, 6.07) is 9.40. The summed E-state index contributed by atoms with van der Waals surface area (Å²) in [6.07, 6.45) is 0. The van der Waals surface area contributed by atoms with E-state index in [9.17, 15) is 0 Å². The lowest BCUT2D eigenvalue weighted by atomic mass is 10.1. The molecule has 2 aromatic rings. The van der Waals surface area contributed by atoms with Gasteiger partial charge in [-0.1, -0.05) is 30.3 Å². The molecule has 4 nitrogen and oxygen atoms in total. The maximum Gasteiger partial charge on any atom is 0.151 e. The van der Waals surface area contributed by atoms with E-state index in [1.807, 2.05) is 44.2 Å². The Hall–Kier alpha value is -2.23. The molecule has 1 heterocycles. The monoisotopic (exact) mass is 226 g/mol. The van der Waals surface area contributed by atoms with Crippen LogP contribution in [-0.2, 0) is 0 Å². The number of benzene rings is 1. The van der Waals surface area contributed by atoms with Crippen molar-refractivity contribution in [2.75, 3.05) is 5.73 Å². The number of aryl methyl sites for hydroxylation is 2. The highest BCUT2D eigenvalue weighted by Crippen LogP contribution is 2.14. The Morgan fingerprint density at radius 1 is 1.06 bits per heavy atom. The van der Waals surface area contributed by atoms with Crippen LogP contribution in [0.15, 0.2) is 30.3 Å². The maximum absolute atomic E-state index is 8.10. The first-order valence-electron chi connectivity index (χ1n) is 5.34. The van der Waals surface area contributed by atoms with Gasteiger partial charge in [-0.05, 0) is 13.8 Å². The Morgan fingerprint density at radius 2 is 1.65 bits per heavy atom. The number of nitrogen functional groups attached to an aromatic ring is 1. The number of nitrogens with zero attached hydrogens (tertiary/aromatic N) is 2. The minimum atomic E-state index is 0.304. The first kappa shape index (κ1) is 11.3. The number of rotatable bonds is 2. The predicted octanol–water partition coefficient (Wildman–Crippen LogP) is 2.09. The van der Waals surface area contributed by atoms with E-state index < -0.39 is 0 Å².